The molecule has 3 heteroatoms. The van der Waals surface area contributed by atoms with Crippen LogP contribution < -0.4 is 0 Å². The standard InChI is InChI=1S/C12H9BrOS/c1-8-2-3-10(11(13)6-8)12(14)9-4-5-15-7-9/h2-7H,1H3. The van der Waals surface area contributed by atoms with Gasteiger partial charge in [-0.25, -0.2) is 0 Å². The van der Waals surface area contributed by atoms with Gasteiger partial charge >= 0.3 is 0 Å². The van der Waals surface area contributed by atoms with E-state index in [1.807, 2.05) is 41.9 Å². The van der Waals surface area contributed by atoms with Crippen LogP contribution in [0.3, 0.4) is 0 Å². The normalized spacial score (nSPS) is 10.3. The van der Waals surface area contributed by atoms with Gasteiger partial charge in [-0.3, -0.25) is 4.79 Å². The van der Waals surface area contributed by atoms with Gasteiger partial charge in [0.25, 0.3) is 0 Å². The fourth-order valence-electron chi connectivity index (χ4n) is 1.35. The summed E-state index contributed by atoms with van der Waals surface area (Å²) in [6, 6.07) is 7.61. The molecule has 0 unspecified atom stereocenters. The molecule has 1 aromatic carbocycles. The van der Waals surface area contributed by atoms with Gasteiger partial charge in [-0.2, -0.15) is 11.3 Å². The Morgan fingerprint density at radius 3 is 2.73 bits per heavy atom. The quantitative estimate of drug-likeness (QED) is 0.759. The van der Waals surface area contributed by atoms with Crippen molar-refractivity contribution in [3.63, 3.8) is 0 Å². The summed E-state index contributed by atoms with van der Waals surface area (Å²) in [5.74, 6) is 0.0723. The molecule has 15 heavy (non-hydrogen) atoms. The Balaban J connectivity index is 2.42. The smallest absolute Gasteiger partial charge is 0.194 e. The molecule has 0 radical (unpaired) electrons. The summed E-state index contributed by atoms with van der Waals surface area (Å²) in [6.07, 6.45) is 0. The molecule has 76 valence electrons. The molecule has 0 aliphatic carbocycles. The number of thiophene rings is 1. The van der Waals surface area contributed by atoms with Crippen LogP contribution in [0.2, 0.25) is 0 Å². The predicted octanol–water partition coefficient (Wildman–Crippen LogP) is 4.05. The number of hydrogen-bond donors (Lipinski definition) is 0. The first-order valence-corrected chi connectivity index (χ1v) is 6.25. The van der Waals surface area contributed by atoms with Crippen molar-refractivity contribution in [2.75, 3.05) is 0 Å². The Hall–Kier alpha value is -0.930. The van der Waals surface area contributed by atoms with Gasteiger partial charge < -0.3 is 0 Å². The summed E-state index contributed by atoms with van der Waals surface area (Å²) < 4.78 is 0.860. The van der Waals surface area contributed by atoms with Crippen LogP contribution in [-0.4, -0.2) is 5.78 Å². The van der Waals surface area contributed by atoms with Gasteiger partial charge in [0.15, 0.2) is 5.78 Å². The van der Waals surface area contributed by atoms with Gasteiger partial charge in [-0.05, 0) is 36.1 Å². The molecule has 0 bridgehead atoms. The molecule has 0 N–H and O–H groups in total. The zero-order valence-corrected chi connectivity index (χ0v) is 10.6. The van der Waals surface area contributed by atoms with E-state index in [0.717, 1.165) is 21.2 Å². The van der Waals surface area contributed by atoms with E-state index in [-0.39, 0.29) is 5.78 Å². The van der Waals surface area contributed by atoms with E-state index in [1.165, 1.54) is 11.3 Å². The Kier molecular flexibility index (Phi) is 3.03. The van der Waals surface area contributed by atoms with Crippen molar-refractivity contribution in [2.24, 2.45) is 0 Å². The molecular weight excluding hydrogens is 272 g/mol. The lowest BCUT2D eigenvalue weighted by Gasteiger charge is -2.02. The molecule has 2 rings (SSSR count). The summed E-state index contributed by atoms with van der Waals surface area (Å²) in [5, 5.41) is 3.78. The number of halogens is 1. The van der Waals surface area contributed by atoms with E-state index in [2.05, 4.69) is 15.9 Å². The van der Waals surface area contributed by atoms with Crippen LogP contribution in [0.5, 0.6) is 0 Å². The Morgan fingerprint density at radius 2 is 2.13 bits per heavy atom. The Morgan fingerprint density at radius 1 is 1.33 bits per heavy atom. The minimum Gasteiger partial charge on any atom is -0.289 e. The van der Waals surface area contributed by atoms with Crippen molar-refractivity contribution >= 4 is 33.0 Å². The summed E-state index contributed by atoms with van der Waals surface area (Å²) in [6.45, 7) is 2.00. The lowest BCUT2D eigenvalue weighted by Crippen LogP contribution is -2.00. The topological polar surface area (TPSA) is 17.1 Å². The molecule has 0 saturated carbocycles. The lowest BCUT2D eigenvalue weighted by atomic mass is 10.0. The van der Waals surface area contributed by atoms with Crippen LogP contribution in [0.4, 0.5) is 0 Å². The van der Waals surface area contributed by atoms with Crippen LogP contribution in [0.1, 0.15) is 21.5 Å². The maximum atomic E-state index is 12.0. The first-order chi connectivity index (χ1) is 7.18. The van der Waals surface area contributed by atoms with Crippen LogP contribution in [0.25, 0.3) is 0 Å². The zero-order chi connectivity index (χ0) is 10.8. The van der Waals surface area contributed by atoms with E-state index in [4.69, 9.17) is 0 Å². The van der Waals surface area contributed by atoms with Crippen LogP contribution in [0.15, 0.2) is 39.5 Å². The molecule has 1 aromatic heterocycles. The van der Waals surface area contributed by atoms with E-state index >= 15 is 0 Å². The number of hydrogen-bond acceptors (Lipinski definition) is 2. The second-order valence-corrected chi connectivity index (χ2v) is 4.96. The molecule has 0 aliphatic heterocycles. The second-order valence-electron chi connectivity index (χ2n) is 3.32. The fourth-order valence-corrected chi connectivity index (χ4v) is 2.66. The van der Waals surface area contributed by atoms with Gasteiger partial charge in [0.05, 0.1) is 0 Å². The molecule has 0 atom stereocenters. The molecule has 1 nitrogen and oxygen atoms in total. The Labute approximate surface area is 101 Å². The molecular formula is C12H9BrOS. The number of benzene rings is 1. The maximum absolute atomic E-state index is 12.0. The SMILES string of the molecule is Cc1ccc(C(=O)c2ccsc2)c(Br)c1. The summed E-state index contributed by atoms with van der Waals surface area (Å²) in [5.41, 5.74) is 2.62. The summed E-state index contributed by atoms with van der Waals surface area (Å²) in [4.78, 5) is 12.0. The van der Waals surface area contributed by atoms with Crippen molar-refractivity contribution in [1.82, 2.24) is 0 Å². The first kappa shape index (κ1) is 10.6. The van der Waals surface area contributed by atoms with Crippen molar-refractivity contribution in [2.45, 2.75) is 6.92 Å². The average Bonchev–Trinajstić information content (AvgIpc) is 2.69. The first-order valence-electron chi connectivity index (χ1n) is 4.51. The van der Waals surface area contributed by atoms with Gasteiger partial charge in [0.1, 0.15) is 0 Å². The molecule has 0 saturated heterocycles. The number of carbonyl (C=O) groups is 1. The van der Waals surface area contributed by atoms with Crippen molar-refractivity contribution in [1.29, 1.82) is 0 Å². The van der Waals surface area contributed by atoms with E-state index in [1.54, 1.807) is 0 Å². The van der Waals surface area contributed by atoms with Crippen LogP contribution in [-0.2, 0) is 0 Å². The molecule has 0 fully saturated rings. The highest BCUT2D eigenvalue weighted by molar-refractivity contribution is 9.10. The Bertz CT molecular complexity index is 488. The van der Waals surface area contributed by atoms with E-state index in [9.17, 15) is 4.79 Å². The van der Waals surface area contributed by atoms with E-state index in [0.29, 0.717) is 0 Å². The molecule has 1 heterocycles. The monoisotopic (exact) mass is 280 g/mol. The third kappa shape index (κ3) is 2.19. The fraction of sp³-hybridized carbons (Fsp3) is 0.0833. The minimum absolute atomic E-state index is 0.0723. The largest absolute Gasteiger partial charge is 0.289 e. The number of aryl methyl sites for hydroxylation is 1. The maximum Gasteiger partial charge on any atom is 0.194 e. The highest BCUT2D eigenvalue weighted by Crippen LogP contribution is 2.22. The predicted molar refractivity (Wildman–Crippen MR) is 66.6 cm³/mol. The van der Waals surface area contributed by atoms with Crippen LogP contribution in [0, 0.1) is 6.92 Å². The van der Waals surface area contributed by atoms with Crippen molar-refractivity contribution < 1.29 is 4.79 Å². The van der Waals surface area contributed by atoms with Crippen molar-refractivity contribution in [3.8, 4) is 0 Å². The van der Waals surface area contributed by atoms with Gasteiger partial charge in [-0.1, -0.05) is 22.0 Å². The average molecular weight is 281 g/mol. The third-order valence-electron chi connectivity index (χ3n) is 2.15. The zero-order valence-electron chi connectivity index (χ0n) is 8.16. The van der Waals surface area contributed by atoms with E-state index < -0.39 is 0 Å². The van der Waals surface area contributed by atoms with Gasteiger partial charge in [0.2, 0.25) is 0 Å². The second kappa shape index (κ2) is 4.29. The summed E-state index contributed by atoms with van der Waals surface area (Å²) >= 11 is 4.95. The van der Waals surface area contributed by atoms with Crippen LogP contribution >= 0.6 is 27.3 Å². The van der Waals surface area contributed by atoms with Gasteiger partial charge in [-0.15, -0.1) is 0 Å². The highest BCUT2D eigenvalue weighted by Gasteiger charge is 2.12. The molecule has 0 amide bonds. The number of rotatable bonds is 2. The molecule has 0 aliphatic rings. The number of ketones is 1. The highest BCUT2D eigenvalue weighted by atomic mass is 79.9. The minimum atomic E-state index is 0.0723. The van der Waals surface area contributed by atoms with Crippen molar-refractivity contribution in [3.05, 3.63) is 56.2 Å². The third-order valence-corrected chi connectivity index (χ3v) is 3.49. The summed E-state index contributed by atoms with van der Waals surface area (Å²) in [7, 11) is 0. The number of carbonyl (C=O) groups excluding carboxylic acids is 1. The lowest BCUT2D eigenvalue weighted by molar-refractivity contribution is 0.103. The molecule has 2 aromatic rings. The van der Waals surface area contributed by atoms with Gasteiger partial charge in [0, 0.05) is 21.0 Å². The molecule has 0 spiro atoms.